The van der Waals surface area contributed by atoms with Crippen LogP contribution in [0.3, 0.4) is 0 Å². The molecule has 1 atom stereocenters. The van der Waals surface area contributed by atoms with Crippen LogP contribution in [0.5, 0.6) is 0 Å². The monoisotopic (exact) mass is 242 g/mol. The van der Waals surface area contributed by atoms with Crippen LogP contribution in [-0.2, 0) is 19.1 Å². The SMILES string of the molecule is CC(C)C1COC(=O)CC(=O)OCCC1(C)C. The number of esters is 2. The van der Waals surface area contributed by atoms with Crippen molar-refractivity contribution in [3.63, 3.8) is 0 Å². The van der Waals surface area contributed by atoms with Crippen molar-refractivity contribution in [2.24, 2.45) is 17.3 Å². The van der Waals surface area contributed by atoms with Gasteiger partial charge in [-0.3, -0.25) is 9.59 Å². The van der Waals surface area contributed by atoms with Crippen molar-refractivity contribution in [1.82, 2.24) is 0 Å². The van der Waals surface area contributed by atoms with Gasteiger partial charge in [-0.15, -0.1) is 0 Å². The second-order valence-corrected chi connectivity index (χ2v) is 5.67. The summed E-state index contributed by atoms with van der Waals surface area (Å²) in [6.45, 7) is 9.26. The predicted octanol–water partition coefficient (Wildman–Crippen LogP) is 2.17. The molecule has 0 saturated carbocycles. The second-order valence-electron chi connectivity index (χ2n) is 5.67. The largest absolute Gasteiger partial charge is 0.465 e. The first-order valence-corrected chi connectivity index (χ1v) is 6.14. The van der Waals surface area contributed by atoms with Crippen LogP contribution >= 0.6 is 0 Å². The minimum Gasteiger partial charge on any atom is -0.465 e. The Morgan fingerprint density at radius 2 is 1.76 bits per heavy atom. The summed E-state index contributed by atoms with van der Waals surface area (Å²) in [6, 6.07) is 0. The van der Waals surface area contributed by atoms with Gasteiger partial charge in [0, 0.05) is 5.92 Å². The summed E-state index contributed by atoms with van der Waals surface area (Å²) in [4.78, 5) is 22.6. The normalized spacial score (nSPS) is 26.3. The van der Waals surface area contributed by atoms with Gasteiger partial charge in [0.1, 0.15) is 6.42 Å². The van der Waals surface area contributed by atoms with Crippen molar-refractivity contribution in [2.45, 2.75) is 40.5 Å². The van der Waals surface area contributed by atoms with E-state index in [2.05, 4.69) is 27.7 Å². The minimum absolute atomic E-state index is 0.00787. The molecule has 0 radical (unpaired) electrons. The van der Waals surface area contributed by atoms with E-state index < -0.39 is 11.9 Å². The van der Waals surface area contributed by atoms with Gasteiger partial charge >= 0.3 is 11.9 Å². The average Bonchev–Trinajstić information content (AvgIpc) is 2.15. The first-order valence-electron chi connectivity index (χ1n) is 6.14. The van der Waals surface area contributed by atoms with Gasteiger partial charge in [0.25, 0.3) is 0 Å². The van der Waals surface area contributed by atoms with Crippen LogP contribution in [0.2, 0.25) is 0 Å². The molecule has 17 heavy (non-hydrogen) atoms. The molecule has 1 fully saturated rings. The summed E-state index contributed by atoms with van der Waals surface area (Å²) in [5.41, 5.74) is -0.00787. The molecule has 0 aromatic rings. The zero-order valence-corrected chi connectivity index (χ0v) is 11.1. The first-order chi connectivity index (χ1) is 7.83. The third-order valence-corrected chi connectivity index (χ3v) is 3.53. The molecular formula is C13H22O4. The van der Waals surface area contributed by atoms with Gasteiger partial charge in [-0.1, -0.05) is 27.7 Å². The van der Waals surface area contributed by atoms with Crippen molar-refractivity contribution in [2.75, 3.05) is 13.2 Å². The molecule has 98 valence electrons. The quantitative estimate of drug-likeness (QED) is 0.522. The third-order valence-electron chi connectivity index (χ3n) is 3.53. The van der Waals surface area contributed by atoms with Gasteiger partial charge in [-0.05, 0) is 17.8 Å². The summed E-state index contributed by atoms with van der Waals surface area (Å²) in [6.07, 6.45) is 0.518. The van der Waals surface area contributed by atoms with Crippen LogP contribution in [-0.4, -0.2) is 25.2 Å². The molecule has 0 bridgehead atoms. The number of rotatable bonds is 1. The number of cyclic esters (lactones) is 2. The highest BCUT2D eigenvalue weighted by molar-refractivity contribution is 5.91. The molecule has 4 heteroatoms. The summed E-state index contributed by atoms with van der Waals surface area (Å²) < 4.78 is 10.2. The van der Waals surface area contributed by atoms with E-state index in [0.717, 1.165) is 6.42 Å². The number of carbonyl (C=O) groups excluding carboxylic acids is 2. The third kappa shape index (κ3) is 4.02. The van der Waals surface area contributed by atoms with Gasteiger partial charge in [0.05, 0.1) is 13.2 Å². The molecule has 1 rings (SSSR count). The van der Waals surface area contributed by atoms with Crippen LogP contribution in [0, 0.1) is 17.3 Å². The average molecular weight is 242 g/mol. The van der Waals surface area contributed by atoms with E-state index in [1.165, 1.54) is 0 Å². The van der Waals surface area contributed by atoms with E-state index in [-0.39, 0.29) is 17.8 Å². The van der Waals surface area contributed by atoms with E-state index in [0.29, 0.717) is 19.1 Å². The highest BCUT2D eigenvalue weighted by Gasteiger charge is 2.34. The lowest BCUT2D eigenvalue weighted by atomic mass is 9.71. The fourth-order valence-electron chi connectivity index (χ4n) is 2.34. The fourth-order valence-corrected chi connectivity index (χ4v) is 2.34. The van der Waals surface area contributed by atoms with Crippen molar-refractivity contribution in [3.8, 4) is 0 Å². The van der Waals surface area contributed by atoms with E-state index >= 15 is 0 Å². The van der Waals surface area contributed by atoms with E-state index in [1.54, 1.807) is 0 Å². The molecule has 1 unspecified atom stereocenters. The first kappa shape index (κ1) is 14.0. The molecule has 1 saturated heterocycles. The van der Waals surface area contributed by atoms with Crippen LogP contribution in [0.15, 0.2) is 0 Å². The van der Waals surface area contributed by atoms with Gasteiger partial charge < -0.3 is 9.47 Å². The van der Waals surface area contributed by atoms with Crippen molar-refractivity contribution < 1.29 is 19.1 Å². The Morgan fingerprint density at radius 3 is 2.35 bits per heavy atom. The van der Waals surface area contributed by atoms with E-state index in [9.17, 15) is 9.59 Å². The van der Waals surface area contributed by atoms with Crippen molar-refractivity contribution in [1.29, 1.82) is 0 Å². The number of hydrogen-bond acceptors (Lipinski definition) is 4. The summed E-state index contributed by atoms with van der Waals surface area (Å²) >= 11 is 0. The Labute approximate surface area is 103 Å². The highest BCUT2D eigenvalue weighted by atomic mass is 16.6. The maximum atomic E-state index is 11.4. The van der Waals surface area contributed by atoms with Gasteiger partial charge in [-0.25, -0.2) is 0 Å². The maximum Gasteiger partial charge on any atom is 0.317 e. The molecule has 1 aliphatic heterocycles. The maximum absolute atomic E-state index is 11.4. The molecule has 4 nitrogen and oxygen atoms in total. The molecular weight excluding hydrogens is 220 g/mol. The highest BCUT2D eigenvalue weighted by Crippen LogP contribution is 2.36. The van der Waals surface area contributed by atoms with Crippen LogP contribution in [0.25, 0.3) is 0 Å². The summed E-state index contributed by atoms with van der Waals surface area (Å²) in [5, 5.41) is 0. The molecule has 0 amide bonds. The summed E-state index contributed by atoms with van der Waals surface area (Å²) in [7, 11) is 0. The molecule has 1 heterocycles. The standard InChI is InChI=1S/C13H22O4/c1-9(2)10-8-17-12(15)7-11(14)16-6-5-13(10,3)4/h9-10H,5-8H2,1-4H3. The number of carbonyl (C=O) groups is 2. The molecule has 0 N–H and O–H groups in total. The Kier molecular flexibility index (Phi) is 4.54. The molecule has 0 aromatic carbocycles. The molecule has 1 aliphatic rings. The van der Waals surface area contributed by atoms with Crippen LogP contribution < -0.4 is 0 Å². The van der Waals surface area contributed by atoms with E-state index in [1.807, 2.05) is 0 Å². The van der Waals surface area contributed by atoms with Crippen molar-refractivity contribution in [3.05, 3.63) is 0 Å². The van der Waals surface area contributed by atoms with E-state index in [4.69, 9.17) is 9.47 Å². The Balaban J connectivity index is 2.78. The van der Waals surface area contributed by atoms with Crippen LogP contribution in [0.4, 0.5) is 0 Å². The predicted molar refractivity (Wildman–Crippen MR) is 63.3 cm³/mol. The van der Waals surface area contributed by atoms with Crippen LogP contribution in [0.1, 0.15) is 40.5 Å². The lowest BCUT2D eigenvalue weighted by Crippen LogP contribution is -2.35. The molecule has 0 aliphatic carbocycles. The number of ether oxygens (including phenoxy) is 2. The Hall–Kier alpha value is -1.06. The van der Waals surface area contributed by atoms with Gasteiger partial charge in [0.15, 0.2) is 0 Å². The zero-order chi connectivity index (χ0) is 13.1. The molecule has 0 aromatic heterocycles. The topological polar surface area (TPSA) is 52.6 Å². The Bertz CT molecular complexity index is 294. The smallest absolute Gasteiger partial charge is 0.317 e. The zero-order valence-electron chi connectivity index (χ0n) is 11.1. The molecule has 0 spiro atoms. The Morgan fingerprint density at radius 1 is 1.18 bits per heavy atom. The minimum atomic E-state index is -0.492. The number of hydrogen-bond donors (Lipinski definition) is 0. The van der Waals surface area contributed by atoms with Gasteiger partial charge in [0.2, 0.25) is 0 Å². The van der Waals surface area contributed by atoms with Crippen molar-refractivity contribution >= 4 is 11.9 Å². The lowest BCUT2D eigenvalue weighted by molar-refractivity contribution is -0.159. The fraction of sp³-hybridized carbons (Fsp3) is 0.846. The lowest BCUT2D eigenvalue weighted by Gasteiger charge is -2.37. The second kappa shape index (κ2) is 5.52. The summed E-state index contributed by atoms with van der Waals surface area (Å²) in [5.74, 6) is -0.275. The van der Waals surface area contributed by atoms with Gasteiger partial charge in [-0.2, -0.15) is 0 Å².